The first kappa shape index (κ1) is 22.6. The van der Waals surface area contributed by atoms with Gasteiger partial charge >= 0.3 is 12.1 Å². The number of ether oxygens (including phenoxy) is 1. The van der Waals surface area contributed by atoms with Gasteiger partial charge in [0.05, 0.1) is 5.92 Å². The van der Waals surface area contributed by atoms with Crippen LogP contribution in [0.4, 0.5) is 4.79 Å². The van der Waals surface area contributed by atoms with Crippen molar-refractivity contribution in [2.24, 2.45) is 5.92 Å². The second-order valence-electron chi connectivity index (χ2n) is 7.86. The summed E-state index contributed by atoms with van der Waals surface area (Å²) in [7, 11) is 0. The highest BCUT2D eigenvalue weighted by Gasteiger charge is 2.46. The van der Waals surface area contributed by atoms with Crippen molar-refractivity contribution in [3.8, 4) is 11.1 Å². The summed E-state index contributed by atoms with van der Waals surface area (Å²) in [6, 6.07) is 22.2. The number of halogens is 1. The molecule has 0 spiro atoms. The Kier molecular flexibility index (Phi) is 6.75. The second kappa shape index (κ2) is 9.88. The molecule has 1 heterocycles. The number of carboxylic acid groups (broad SMARTS) is 1. The van der Waals surface area contributed by atoms with Crippen molar-refractivity contribution in [2.45, 2.75) is 19.1 Å². The number of ketones is 1. The molecule has 6 nitrogen and oxygen atoms in total. The first-order chi connectivity index (χ1) is 15.9. The lowest BCUT2D eigenvalue weighted by atomic mass is 9.90. The van der Waals surface area contributed by atoms with Gasteiger partial charge in [-0.15, -0.1) is 0 Å². The molecule has 0 aliphatic carbocycles. The maximum Gasteiger partial charge on any atom is 0.410 e. The van der Waals surface area contributed by atoms with Crippen molar-refractivity contribution in [3.63, 3.8) is 0 Å². The summed E-state index contributed by atoms with van der Waals surface area (Å²) in [4.78, 5) is 38.9. The summed E-state index contributed by atoms with van der Waals surface area (Å²) in [5, 5.41) is 10.4. The molecule has 168 valence electrons. The number of hydrogen-bond donors (Lipinski definition) is 1. The van der Waals surface area contributed by atoms with Crippen molar-refractivity contribution in [2.75, 3.05) is 6.54 Å². The van der Waals surface area contributed by atoms with E-state index in [1.54, 1.807) is 24.3 Å². The van der Waals surface area contributed by atoms with Gasteiger partial charge in [0.25, 0.3) is 0 Å². The van der Waals surface area contributed by atoms with Crippen LogP contribution in [0.3, 0.4) is 0 Å². The van der Waals surface area contributed by atoms with Crippen LogP contribution in [0.25, 0.3) is 11.1 Å². The fourth-order valence-electron chi connectivity index (χ4n) is 4.06. The molecule has 7 heteroatoms. The lowest BCUT2D eigenvalue weighted by molar-refractivity contribution is -0.142. The summed E-state index contributed by atoms with van der Waals surface area (Å²) >= 11 is 5.93. The lowest BCUT2D eigenvalue weighted by Crippen LogP contribution is -2.45. The van der Waals surface area contributed by atoms with Gasteiger partial charge in [0, 0.05) is 17.1 Å². The molecule has 1 aliphatic rings. The average molecular weight is 464 g/mol. The standard InChI is InChI=1S/C26H22ClNO5/c27-21-12-10-19(11-13-21)18-6-8-20(9-7-18)24(29)22-14-15-28(23(22)25(30)31)26(32)33-16-17-4-2-1-3-5-17/h1-13,22-23H,14-16H2,(H,30,31)/t22-,23?/m1/s1. The minimum Gasteiger partial charge on any atom is -0.480 e. The third-order valence-electron chi connectivity index (χ3n) is 5.77. The zero-order valence-electron chi connectivity index (χ0n) is 17.7. The van der Waals surface area contributed by atoms with Crippen molar-refractivity contribution < 1.29 is 24.2 Å². The van der Waals surface area contributed by atoms with E-state index in [-0.39, 0.29) is 25.4 Å². The van der Waals surface area contributed by atoms with Gasteiger partial charge < -0.3 is 9.84 Å². The average Bonchev–Trinajstić information content (AvgIpc) is 3.29. The number of hydrogen-bond acceptors (Lipinski definition) is 4. The lowest BCUT2D eigenvalue weighted by Gasteiger charge is -2.23. The third kappa shape index (κ3) is 5.07. The number of carboxylic acids is 1. The van der Waals surface area contributed by atoms with Crippen molar-refractivity contribution in [3.05, 3.63) is 95.0 Å². The Hall–Kier alpha value is -3.64. The van der Waals surface area contributed by atoms with Gasteiger partial charge in [-0.3, -0.25) is 9.69 Å². The van der Waals surface area contributed by atoms with E-state index in [4.69, 9.17) is 16.3 Å². The molecule has 0 radical (unpaired) electrons. The number of carbonyl (C=O) groups excluding carboxylic acids is 2. The Labute approximate surface area is 196 Å². The molecule has 33 heavy (non-hydrogen) atoms. The van der Waals surface area contributed by atoms with Gasteiger partial charge in [-0.05, 0) is 35.2 Å². The number of benzene rings is 3. The molecule has 1 aliphatic heterocycles. The number of aliphatic carboxylic acids is 1. The molecule has 1 saturated heterocycles. The SMILES string of the molecule is O=C(O)C1[C@H](C(=O)c2ccc(-c3ccc(Cl)cc3)cc2)CCN1C(=O)OCc1ccccc1. The maximum absolute atomic E-state index is 13.1. The zero-order valence-corrected chi connectivity index (χ0v) is 18.4. The smallest absolute Gasteiger partial charge is 0.410 e. The summed E-state index contributed by atoms with van der Waals surface area (Å²) in [6.45, 7) is 0.178. The van der Waals surface area contributed by atoms with Gasteiger partial charge in [0.15, 0.2) is 5.78 Å². The fraction of sp³-hybridized carbons (Fsp3) is 0.192. The Balaban J connectivity index is 1.46. The molecule has 0 aromatic heterocycles. The van der Waals surface area contributed by atoms with Crippen LogP contribution in [0.1, 0.15) is 22.3 Å². The third-order valence-corrected chi connectivity index (χ3v) is 6.03. The van der Waals surface area contributed by atoms with Gasteiger partial charge in [-0.25, -0.2) is 9.59 Å². The van der Waals surface area contributed by atoms with Crippen molar-refractivity contribution >= 4 is 29.4 Å². The predicted octanol–water partition coefficient (Wildman–Crippen LogP) is 5.30. The number of carbonyl (C=O) groups is 3. The Morgan fingerprint density at radius 2 is 1.52 bits per heavy atom. The van der Waals surface area contributed by atoms with Gasteiger partial charge in [-0.2, -0.15) is 0 Å². The van der Waals surface area contributed by atoms with Gasteiger partial charge in [0.2, 0.25) is 0 Å². The largest absolute Gasteiger partial charge is 0.480 e. The number of rotatable bonds is 6. The summed E-state index contributed by atoms with van der Waals surface area (Å²) in [5.74, 6) is -2.36. The second-order valence-corrected chi connectivity index (χ2v) is 8.30. The van der Waals surface area contributed by atoms with Crippen molar-refractivity contribution in [1.29, 1.82) is 0 Å². The van der Waals surface area contributed by atoms with Crippen LogP contribution < -0.4 is 0 Å². The zero-order chi connectivity index (χ0) is 23.4. The molecule has 3 aromatic carbocycles. The van der Waals surface area contributed by atoms with E-state index in [1.165, 1.54) is 0 Å². The molecule has 3 aromatic rings. The number of Topliss-reactive ketones (excluding diaryl/α,β-unsaturated/α-hetero) is 1. The van der Waals surface area contributed by atoms with Crippen LogP contribution in [0.15, 0.2) is 78.9 Å². The van der Waals surface area contributed by atoms with Crippen LogP contribution in [0.5, 0.6) is 0 Å². The monoisotopic (exact) mass is 463 g/mol. The number of likely N-dealkylation sites (tertiary alicyclic amines) is 1. The Bertz CT molecular complexity index is 1150. The molecule has 0 saturated carbocycles. The summed E-state index contributed by atoms with van der Waals surface area (Å²) < 4.78 is 5.30. The molecule has 1 unspecified atom stereocenters. The van der Waals surface area contributed by atoms with E-state index < -0.39 is 24.0 Å². The van der Waals surface area contributed by atoms with Gasteiger partial charge in [-0.1, -0.05) is 78.3 Å². The first-order valence-electron chi connectivity index (χ1n) is 10.5. The highest BCUT2D eigenvalue weighted by molar-refractivity contribution is 6.30. The van der Waals surface area contributed by atoms with Crippen molar-refractivity contribution in [1.82, 2.24) is 4.90 Å². The Morgan fingerprint density at radius 1 is 0.909 bits per heavy atom. The molecular weight excluding hydrogens is 442 g/mol. The molecule has 1 fully saturated rings. The maximum atomic E-state index is 13.1. The van der Waals surface area contributed by atoms with Crippen LogP contribution in [0, 0.1) is 5.92 Å². The van der Waals surface area contributed by atoms with E-state index in [0.29, 0.717) is 10.6 Å². The Morgan fingerprint density at radius 3 is 2.12 bits per heavy atom. The summed E-state index contributed by atoms with van der Waals surface area (Å²) in [6.07, 6.45) is -0.477. The fourth-order valence-corrected chi connectivity index (χ4v) is 4.19. The minimum absolute atomic E-state index is 0.0350. The van der Waals surface area contributed by atoms with E-state index in [0.717, 1.165) is 21.6 Å². The van der Waals surface area contributed by atoms with Crippen LogP contribution in [-0.4, -0.2) is 40.4 Å². The van der Waals surface area contributed by atoms with Gasteiger partial charge in [0.1, 0.15) is 12.6 Å². The predicted molar refractivity (Wildman–Crippen MR) is 124 cm³/mol. The number of amides is 1. The normalized spacial score (nSPS) is 17.5. The molecular formula is C26H22ClNO5. The van der Waals surface area contributed by atoms with E-state index in [1.807, 2.05) is 54.6 Å². The molecule has 1 amide bonds. The minimum atomic E-state index is -1.27. The summed E-state index contributed by atoms with van der Waals surface area (Å²) in [5.41, 5.74) is 3.07. The highest BCUT2D eigenvalue weighted by atomic mass is 35.5. The van der Waals surface area contributed by atoms with E-state index in [2.05, 4.69) is 0 Å². The molecule has 0 bridgehead atoms. The topological polar surface area (TPSA) is 83.9 Å². The quantitative estimate of drug-likeness (QED) is 0.501. The van der Waals surface area contributed by atoms with Crippen LogP contribution >= 0.6 is 11.6 Å². The number of nitrogens with zero attached hydrogens (tertiary/aromatic N) is 1. The van der Waals surface area contributed by atoms with E-state index >= 15 is 0 Å². The molecule has 1 N–H and O–H groups in total. The molecule has 2 atom stereocenters. The van der Waals surface area contributed by atoms with Crippen LogP contribution in [-0.2, 0) is 16.1 Å². The van der Waals surface area contributed by atoms with Crippen LogP contribution in [0.2, 0.25) is 5.02 Å². The van der Waals surface area contributed by atoms with E-state index in [9.17, 15) is 19.5 Å². The molecule has 4 rings (SSSR count). The first-order valence-corrected chi connectivity index (χ1v) is 10.9. The highest BCUT2D eigenvalue weighted by Crippen LogP contribution is 2.30.